The molecular weight excluding hydrogens is 294 g/mol. The van der Waals surface area contributed by atoms with E-state index in [1.807, 2.05) is 0 Å². The number of carbonyl (C=O) groups is 1. The fourth-order valence-electron chi connectivity index (χ4n) is 7.12. The average molecular weight is 330 g/mol. The minimum absolute atomic E-state index is 0.0146. The maximum atomic E-state index is 12.5. The number of hydrogen-bond acceptors (Lipinski definition) is 2. The molecule has 0 bridgehead atoms. The summed E-state index contributed by atoms with van der Waals surface area (Å²) in [5, 5.41) is 3.47. The molecule has 0 aromatic rings. The zero-order valence-corrected chi connectivity index (χ0v) is 16.0. The third kappa shape index (κ3) is 2.21. The molecule has 4 aliphatic rings. The number of carbonyl (C=O) groups excluding carboxylic acids is 1. The minimum atomic E-state index is 0.0146. The van der Waals surface area contributed by atoms with Crippen LogP contribution in [0.2, 0.25) is 0 Å². The number of hydrogen-bond donors (Lipinski definition) is 1. The van der Waals surface area contributed by atoms with E-state index in [2.05, 4.69) is 39.2 Å². The molecule has 0 aromatic heterocycles. The molecule has 0 amide bonds. The van der Waals surface area contributed by atoms with E-state index in [1.54, 1.807) is 5.57 Å². The summed E-state index contributed by atoms with van der Waals surface area (Å²) in [5.41, 5.74) is 2.19. The molecular formula is C22H35NO. The van der Waals surface area contributed by atoms with Crippen LogP contribution in [0.25, 0.3) is 0 Å². The second-order valence-electron chi connectivity index (χ2n) is 9.76. The van der Waals surface area contributed by atoms with E-state index < -0.39 is 0 Å². The molecule has 3 saturated carbocycles. The van der Waals surface area contributed by atoms with Gasteiger partial charge in [0.05, 0.1) is 0 Å². The van der Waals surface area contributed by atoms with Crippen LogP contribution in [-0.4, -0.2) is 18.9 Å². The molecule has 0 spiro atoms. The molecule has 0 radical (unpaired) electrons. The quantitative estimate of drug-likeness (QED) is 0.741. The Kier molecular flexibility index (Phi) is 3.99. The lowest BCUT2D eigenvalue weighted by Gasteiger charge is -2.57. The molecule has 0 heterocycles. The van der Waals surface area contributed by atoms with E-state index in [0.29, 0.717) is 23.2 Å². The Hall–Kier alpha value is -0.630. The summed E-state index contributed by atoms with van der Waals surface area (Å²) in [7, 11) is 2.10. The van der Waals surface area contributed by atoms with E-state index in [1.165, 1.54) is 32.1 Å². The van der Waals surface area contributed by atoms with Crippen molar-refractivity contribution in [1.82, 2.24) is 5.32 Å². The average Bonchev–Trinajstić information content (AvgIpc) is 2.88. The maximum absolute atomic E-state index is 12.5. The molecule has 4 rings (SSSR count). The van der Waals surface area contributed by atoms with Gasteiger partial charge in [0.2, 0.25) is 0 Å². The largest absolute Gasteiger partial charge is 0.317 e. The second-order valence-corrected chi connectivity index (χ2v) is 9.76. The highest BCUT2D eigenvalue weighted by molar-refractivity contribution is 5.87. The normalized spacial score (nSPS) is 49.0. The van der Waals surface area contributed by atoms with Crippen molar-refractivity contribution in [1.29, 1.82) is 0 Å². The van der Waals surface area contributed by atoms with E-state index in [0.717, 1.165) is 37.0 Å². The van der Waals surface area contributed by atoms with Crippen molar-refractivity contribution in [3.8, 4) is 0 Å². The lowest BCUT2D eigenvalue weighted by atomic mass is 9.47. The Bertz CT molecular complexity index is 566. The summed E-state index contributed by atoms with van der Waals surface area (Å²) < 4.78 is 0. The van der Waals surface area contributed by atoms with Gasteiger partial charge in [0.1, 0.15) is 5.78 Å². The van der Waals surface area contributed by atoms with E-state index in [9.17, 15) is 4.79 Å². The zero-order chi connectivity index (χ0) is 17.1. The van der Waals surface area contributed by atoms with Gasteiger partial charge in [-0.05, 0) is 88.0 Å². The van der Waals surface area contributed by atoms with E-state index in [4.69, 9.17) is 0 Å². The standard InChI is InChI=1S/C22H35NO/c1-14(23-4)15-9-11-21(2)16(13-15)5-6-17-18-7-8-20(24)22(18,3)12-10-19(17)21/h5,14-15,17-19,23H,6-13H2,1-4H3/t14-,15-,17-,18-,19+,21+,22+/m1/s1. The van der Waals surface area contributed by atoms with Crippen LogP contribution in [0.15, 0.2) is 11.6 Å². The Morgan fingerprint density at radius 2 is 1.83 bits per heavy atom. The third-order valence-corrected chi connectivity index (χ3v) is 9.01. The predicted molar refractivity (Wildman–Crippen MR) is 98.7 cm³/mol. The minimum Gasteiger partial charge on any atom is -0.317 e. The van der Waals surface area contributed by atoms with Gasteiger partial charge >= 0.3 is 0 Å². The molecule has 2 heteroatoms. The number of allylic oxidation sites excluding steroid dienone is 2. The lowest BCUT2D eigenvalue weighted by Crippen LogP contribution is -2.50. The highest BCUT2D eigenvalue weighted by atomic mass is 16.1. The Morgan fingerprint density at radius 3 is 2.58 bits per heavy atom. The van der Waals surface area contributed by atoms with Crippen LogP contribution >= 0.6 is 0 Å². The van der Waals surface area contributed by atoms with Crippen molar-refractivity contribution in [2.24, 2.45) is 34.5 Å². The first-order valence-electron chi connectivity index (χ1n) is 10.3. The van der Waals surface area contributed by atoms with Gasteiger partial charge in [-0.25, -0.2) is 0 Å². The van der Waals surface area contributed by atoms with Gasteiger partial charge in [-0.3, -0.25) is 4.79 Å². The number of rotatable bonds is 2. The molecule has 0 saturated heterocycles. The summed E-state index contributed by atoms with van der Waals surface area (Å²) in [6, 6.07) is 0.621. The second kappa shape index (κ2) is 5.69. The zero-order valence-electron chi connectivity index (χ0n) is 16.0. The van der Waals surface area contributed by atoms with Gasteiger partial charge in [-0.2, -0.15) is 0 Å². The molecule has 0 aliphatic heterocycles. The van der Waals surface area contributed by atoms with E-state index in [-0.39, 0.29) is 5.41 Å². The van der Waals surface area contributed by atoms with Crippen molar-refractivity contribution in [2.45, 2.75) is 78.2 Å². The molecule has 7 atom stereocenters. The van der Waals surface area contributed by atoms with Crippen molar-refractivity contribution in [3.05, 3.63) is 11.6 Å². The smallest absolute Gasteiger partial charge is 0.139 e. The molecule has 4 aliphatic carbocycles. The number of Topliss-reactive ketones (excluding diaryl/α,β-unsaturated/α-hetero) is 1. The van der Waals surface area contributed by atoms with Gasteiger partial charge in [0.25, 0.3) is 0 Å². The van der Waals surface area contributed by atoms with E-state index >= 15 is 0 Å². The van der Waals surface area contributed by atoms with Gasteiger partial charge in [0, 0.05) is 17.9 Å². The summed E-state index contributed by atoms with van der Waals surface area (Å²) in [4.78, 5) is 12.5. The Balaban J connectivity index is 1.61. The molecule has 1 N–H and O–H groups in total. The highest BCUT2D eigenvalue weighted by Crippen LogP contribution is 2.64. The number of ketones is 1. The van der Waals surface area contributed by atoms with Crippen LogP contribution in [0.1, 0.15) is 72.1 Å². The first-order valence-corrected chi connectivity index (χ1v) is 10.3. The Morgan fingerprint density at radius 1 is 1.12 bits per heavy atom. The van der Waals surface area contributed by atoms with Crippen molar-refractivity contribution >= 4 is 5.78 Å². The fraction of sp³-hybridized carbons (Fsp3) is 0.864. The maximum Gasteiger partial charge on any atom is 0.139 e. The molecule has 134 valence electrons. The van der Waals surface area contributed by atoms with Crippen LogP contribution in [0.4, 0.5) is 0 Å². The molecule has 24 heavy (non-hydrogen) atoms. The molecule has 0 aromatic carbocycles. The number of fused-ring (bicyclic) bond motifs is 5. The molecule has 0 unspecified atom stereocenters. The third-order valence-electron chi connectivity index (χ3n) is 9.01. The fourth-order valence-corrected chi connectivity index (χ4v) is 7.12. The van der Waals surface area contributed by atoms with Crippen LogP contribution in [0, 0.1) is 34.5 Å². The van der Waals surface area contributed by atoms with Crippen LogP contribution in [-0.2, 0) is 4.79 Å². The summed E-state index contributed by atoms with van der Waals surface area (Å²) in [6.07, 6.45) is 12.3. The predicted octanol–water partition coefficient (Wildman–Crippen LogP) is 4.74. The SMILES string of the molecule is CN[C@H](C)[C@@H]1CC[C@@]2(C)C(=CC[C@@H]3[C@H]4CCC(=O)[C@@]4(C)CC[C@@H]32)C1. The molecule has 3 fully saturated rings. The monoisotopic (exact) mass is 329 g/mol. The van der Waals surface area contributed by atoms with Crippen LogP contribution in [0.3, 0.4) is 0 Å². The lowest BCUT2D eigenvalue weighted by molar-refractivity contribution is -0.131. The van der Waals surface area contributed by atoms with Gasteiger partial charge in [0.15, 0.2) is 0 Å². The van der Waals surface area contributed by atoms with Crippen LogP contribution < -0.4 is 5.32 Å². The summed E-state index contributed by atoms with van der Waals surface area (Å²) in [5.74, 6) is 3.62. The Labute approximate surface area is 147 Å². The first-order chi connectivity index (χ1) is 11.4. The van der Waals surface area contributed by atoms with Crippen molar-refractivity contribution < 1.29 is 4.79 Å². The first kappa shape index (κ1) is 16.8. The van der Waals surface area contributed by atoms with Gasteiger partial charge < -0.3 is 5.32 Å². The van der Waals surface area contributed by atoms with Crippen molar-refractivity contribution in [3.63, 3.8) is 0 Å². The highest BCUT2D eigenvalue weighted by Gasteiger charge is 2.58. The molecule has 2 nitrogen and oxygen atoms in total. The number of nitrogens with one attached hydrogen (secondary N) is 1. The van der Waals surface area contributed by atoms with Crippen LogP contribution in [0.5, 0.6) is 0 Å². The van der Waals surface area contributed by atoms with Crippen molar-refractivity contribution in [2.75, 3.05) is 7.05 Å². The van der Waals surface area contributed by atoms with Gasteiger partial charge in [-0.15, -0.1) is 0 Å². The topological polar surface area (TPSA) is 29.1 Å². The summed E-state index contributed by atoms with van der Waals surface area (Å²) >= 11 is 0. The van der Waals surface area contributed by atoms with Gasteiger partial charge in [-0.1, -0.05) is 25.5 Å². The summed E-state index contributed by atoms with van der Waals surface area (Å²) in [6.45, 7) is 7.20.